The van der Waals surface area contributed by atoms with Crippen molar-refractivity contribution in [1.29, 1.82) is 0 Å². The Morgan fingerprint density at radius 2 is 2.35 bits per heavy atom. The third-order valence-electron chi connectivity index (χ3n) is 4.33. The molecule has 114 valence electrons. The van der Waals surface area contributed by atoms with E-state index in [-0.39, 0.29) is 0 Å². The van der Waals surface area contributed by atoms with E-state index in [0.717, 1.165) is 13.1 Å². The van der Waals surface area contributed by atoms with E-state index in [2.05, 4.69) is 35.5 Å². The van der Waals surface area contributed by atoms with E-state index in [1.54, 1.807) is 0 Å². The molecular weight excluding hydrogens is 268 g/mol. The zero-order valence-corrected chi connectivity index (χ0v) is 13.6. The van der Waals surface area contributed by atoms with Gasteiger partial charge >= 0.3 is 0 Å². The summed E-state index contributed by atoms with van der Waals surface area (Å²) in [6.07, 6.45) is 4.85. The molecule has 0 aliphatic carbocycles. The van der Waals surface area contributed by atoms with Crippen molar-refractivity contribution in [2.45, 2.75) is 51.6 Å². The van der Waals surface area contributed by atoms with Crippen LogP contribution in [-0.4, -0.2) is 42.3 Å². The minimum absolute atomic E-state index is 0.326. The maximum absolute atomic E-state index is 9.29. The molecule has 2 rings (SSSR count). The predicted molar refractivity (Wildman–Crippen MR) is 86.4 cm³/mol. The highest BCUT2D eigenvalue weighted by Gasteiger charge is 2.22. The van der Waals surface area contributed by atoms with Crippen molar-refractivity contribution in [3.8, 4) is 0 Å². The van der Waals surface area contributed by atoms with E-state index in [1.807, 2.05) is 11.3 Å². The summed E-state index contributed by atoms with van der Waals surface area (Å²) in [5.41, 5.74) is 1.40. The van der Waals surface area contributed by atoms with Gasteiger partial charge < -0.3 is 10.4 Å². The second kappa shape index (κ2) is 8.13. The molecule has 4 heteroatoms. The van der Waals surface area contributed by atoms with Crippen molar-refractivity contribution in [1.82, 2.24) is 10.2 Å². The van der Waals surface area contributed by atoms with Crippen LogP contribution in [0.5, 0.6) is 0 Å². The molecule has 0 aromatic carbocycles. The number of unbranched alkanes of at least 4 members (excludes halogenated alkanes) is 1. The van der Waals surface area contributed by atoms with Crippen molar-refractivity contribution in [3.05, 3.63) is 21.9 Å². The molecule has 1 fully saturated rings. The lowest BCUT2D eigenvalue weighted by atomic mass is 10.2. The van der Waals surface area contributed by atoms with Crippen LogP contribution in [0.15, 0.2) is 11.4 Å². The first kappa shape index (κ1) is 16.0. The Hall–Kier alpha value is -0.420. The molecule has 1 aliphatic rings. The number of hydrogen-bond donors (Lipinski definition) is 2. The van der Waals surface area contributed by atoms with E-state index >= 15 is 0 Å². The Balaban J connectivity index is 1.59. The highest BCUT2D eigenvalue weighted by Crippen LogP contribution is 2.23. The van der Waals surface area contributed by atoms with Crippen molar-refractivity contribution >= 4 is 11.3 Å². The summed E-state index contributed by atoms with van der Waals surface area (Å²) in [5, 5.41) is 15.1. The van der Waals surface area contributed by atoms with E-state index < -0.39 is 0 Å². The lowest BCUT2D eigenvalue weighted by Crippen LogP contribution is -2.33. The first-order valence-corrected chi connectivity index (χ1v) is 8.72. The number of rotatable bonds is 8. The number of thiophene rings is 1. The molecule has 2 atom stereocenters. The molecule has 1 saturated heterocycles. The van der Waals surface area contributed by atoms with Gasteiger partial charge in [0.15, 0.2) is 0 Å². The van der Waals surface area contributed by atoms with Crippen LogP contribution in [0.25, 0.3) is 0 Å². The maximum atomic E-state index is 9.29. The second-order valence-electron chi connectivity index (χ2n) is 5.87. The van der Waals surface area contributed by atoms with Crippen LogP contribution in [-0.2, 0) is 0 Å². The SMILES string of the molecule is Cc1ccsc1C(C)NCCCCN1CCCC1CO. The normalized spacial score (nSPS) is 21.4. The van der Waals surface area contributed by atoms with Gasteiger partial charge in [0.2, 0.25) is 0 Å². The molecule has 0 spiro atoms. The first-order chi connectivity index (χ1) is 9.72. The molecule has 20 heavy (non-hydrogen) atoms. The van der Waals surface area contributed by atoms with Crippen LogP contribution in [0.1, 0.15) is 49.1 Å². The van der Waals surface area contributed by atoms with Crippen LogP contribution in [0.2, 0.25) is 0 Å². The third kappa shape index (κ3) is 4.29. The molecule has 2 N–H and O–H groups in total. The summed E-state index contributed by atoms with van der Waals surface area (Å²) in [7, 11) is 0. The molecule has 0 amide bonds. The van der Waals surface area contributed by atoms with Crippen molar-refractivity contribution in [3.63, 3.8) is 0 Å². The number of aryl methyl sites for hydroxylation is 1. The van der Waals surface area contributed by atoms with E-state index in [0.29, 0.717) is 18.7 Å². The third-order valence-corrected chi connectivity index (χ3v) is 5.53. The van der Waals surface area contributed by atoms with Gasteiger partial charge in [-0.15, -0.1) is 11.3 Å². The average molecular weight is 296 g/mol. The Kier molecular flexibility index (Phi) is 6.49. The highest BCUT2D eigenvalue weighted by atomic mass is 32.1. The summed E-state index contributed by atoms with van der Waals surface area (Å²) in [6, 6.07) is 3.09. The van der Waals surface area contributed by atoms with Gasteiger partial charge in [-0.3, -0.25) is 4.90 Å². The number of nitrogens with zero attached hydrogens (tertiary/aromatic N) is 1. The lowest BCUT2D eigenvalue weighted by Gasteiger charge is -2.22. The Bertz CT molecular complexity index is 394. The fourth-order valence-corrected chi connectivity index (χ4v) is 4.04. The molecule has 3 nitrogen and oxygen atoms in total. The zero-order chi connectivity index (χ0) is 14.4. The minimum atomic E-state index is 0.326. The van der Waals surface area contributed by atoms with Gasteiger partial charge in [0.05, 0.1) is 6.61 Å². The molecular formula is C16H28N2OS. The van der Waals surface area contributed by atoms with E-state index in [4.69, 9.17) is 0 Å². The lowest BCUT2D eigenvalue weighted by molar-refractivity contribution is 0.157. The molecule has 1 aliphatic heterocycles. The van der Waals surface area contributed by atoms with Gasteiger partial charge in [0.25, 0.3) is 0 Å². The number of aliphatic hydroxyl groups is 1. The Morgan fingerprint density at radius 3 is 3.05 bits per heavy atom. The number of hydrogen-bond acceptors (Lipinski definition) is 4. The predicted octanol–water partition coefficient (Wildman–Crippen LogP) is 2.94. The first-order valence-electron chi connectivity index (χ1n) is 7.84. The van der Waals surface area contributed by atoms with Crippen molar-refractivity contribution in [2.75, 3.05) is 26.2 Å². The second-order valence-corrected chi connectivity index (χ2v) is 6.81. The summed E-state index contributed by atoms with van der Waals surface area (Å²) < 4.78 is 0. The standard InChI is InChI=1S/C16H28N2OS/c1-13-7-11-20-16(13)14(2)17-8-3-4-9-18-10-5-6-15(18)12-19/h7,11,14-15,17,19H,3-6,8-10,12H2,1-2H3. The smallest absolute Gasteiger partial charge is 0.0586 e. The number of aliphatic hydroxyl groups excluding tert-OH is 1. The largest absolute Gasteiger partial charge is 0.395 e. The summed E-state index contributed by atoms with van der Waals surface area (Å²) in [4.78, 5) is 3.91. The van der Waals surface area contributed by atoms with Crippen LogP contribution in [0, 0.1) is 6.92 Å². The van der Waals surface area contributed by atoms with Crippen molar-refractivity contribution in [2.24, 2.45) is 0 Å². The van der Waals surface area contributed by atoms with Gasteiger partial charge in [0.1, 0.15) is 0 Å². The molecule has 0 saturated carbocycles. The quantitative estimate of drug-likeness (QED) is 0.724. The molecule has 0 radical (unpaired) electrons. The average Bonchev–Trinajstić information content (AvgIpc) is 3.06. The van der Waals surface area contributed by atoms with E-state index in [1.165, 1.54) is 42.7 Å². The molecule has 2 heterocycles. The molecule has 0 bridgehead atoms. The van der Waals surface area contributed by atoms with Gasteiger partial charge in [0, 0.05) is 17.0 Å². The highest BCUT2D eigenvalue weighted by molar-refractivity contribution is 7.10. The monoisotopic (exact) mass is 296 g/mol. The van der Waals surface area contributed by atoms with Crippen molar-refractivity contribution < 1.29 is 5.11 Å². The van der Waals surface area contributed by atoms with Crippen LogP contribution in [0.4, 0.5) is 0 Å². The van der Waals surface area contributed by atoms with Gasteiger partial charge in [-0.1, -0.05) is 0 Å². The Morgan fingerprint density at radius 1 is 1.50 bits per heavy atom. The van der Waals surface area contributed by atoms with Gasteiger partial charge in [-0.25, -0.2) is 0 Å². The number of nitrogens with one attached hydrogen (secondary N) is 1. The fourth-order valence-electron chi connectivity index (χ4n) is 3.08. The Labute approximate surface area is 127 Å². The summed E-state index contributed by atoms with van der Waals surface area (Å²) >= 11 is 1.85. The van der Waals surface area contributed by atoms with Crippen LogP contribution in [0.3, 0.4) is 0 Å². The van der Waals surface area contributed by atoms with Crippen LogP contribution < -0.4 is 5.32 Å². The summed E-state index contributed by atoms with van der Waals surface area (Å²) in [5.74, 6) is 0. The number of likely N-dealkylation sites (tertiary alicyclic amines) is 1. The molecule has 1 aromatic heterocycles. The van der Waals surface area contributed by atoms with Gasteiger partial charge in [-0.2, -0.15) is 0 Å². The zero-order valence-electron chi connectivity index (χ0n) is 12.8. The van der Waals surface area contributed by atoms with Gasteiger partial charge in [-0.05, 0) is 76.2 Å². The topological polar surface area (TPSA) is 35.5 Å². The van der Waals surface area contributed by atoms with E-state index in [9.17, 15) is 5.11 Å². The fraction of sp³-hybridized carbons (Fsp3) is 0.750. The van der Waals surface area contributed by atoms with Crippen LogP contribution >= 0.6 is 11.3 Å². The molecule has 1 aromatic rings. The summed E-state index contributed by atoms with van der Waals surface area (Å²) in [6.45, 7) is 8.15. The minimum Gasteiger partial charge on any atom is -0.395 e. The molecule has 2 unspecified atom stereocenters. The maximum Gasteiger partial charge on any atom is 0.0586 e.